The van der Waals surface area contributed by atoms with Gasteiger partial charge in [-0.25, -0.2) is 13.6 Å². The molecule has 0 unspecified atom stereocenters. The number of anilines is 1. The predicted octanol–water partition coefficient (Wildman–Crippen LogP) is -0.662. The fourth-order valence-electron chi connectivity index (χ4n) is 1.88. The number of nitrogens with zero attached hydrogens (tertiary/aromatic N) is 3. The summed E-state index contributed by atoms with van der Waals surface area (Å²) in [4.78, 5) is 11.9. The topological polar surface area (TPSA) is 150 Å². The number of nitrogens with two attached hydrogens (primary N) is 2. The molecule has 9 nitrogen and oxygen atoms in total. The maximum atomic E-state index is 12.0. The van der Waals surface area contributed by atoms with E-state index in [9.17, 15) is 13.2 Å². The Morgan fingerprint density at radius 3 is 2.71 bits per heavy atom. The standard InChI is InChI=1S/C11H10N6O3S/c12-11-10-8(14-15-11)5-9(18)17(16-10)6-2-1-3-7(4-6)21(13,19)20/h1-5,14H,(H2,12,15)(H2,13,19,20). The average Bonchev–Trinajstić information content (AvgIpc) is 2.78. The van der Waals surface area contributed by atoms with Crippen molar-refractivity contribution in [3.05, 3.63) is 40.7 Å². The quantitative estimate of drug-likeness (QED) is 0.572. The van der Waals surface area contributed by atoms with Crippen LogP contribution in [0.2, 0.25) is 0 Å². The number of nitrogen functional groups attached to an aromatic ring is 1. The molecule has 0 aliphatic carbocycles. The van der Waals surface area contributed by atoms with Crippen molar-refractivity contribution in [1.82, 2.24) is 20.0 Å². The smallest absolute Gasteiger partial charge is 0.273 e. The van der Waals surface area contributed by atoms with E-state index in [1.54, 1.807) is 0 Å². The highest BCUT2D eigenvalue weighted by Crippen LogP contribution is 2.15. The molecule has 0 spiro atoms. The number of nitrogens with one attached hydrogen (secondary N) is 1. The molecule has 0 saturated heterocycles. The number of H-pyrrole nitrogens is 1. The van der Waals surface area contributed by atoms with Crippen LogP contribution in [0.5, 0.6) is 0 Å². The second kappa shape index (κ2) is 4.40. The monoisotopic (exact) mass is 306 g/mol. The van der Waals surface area contributed by atoms with E-state index < -0.39 is 15.6 Å². The van der Waals surface area contributed by atoms with Crippen molar-refractivity contribution in [2.24, 2.45) is 5.14 Å². The fraction of sp³-hybridized carbons (Fsp3) is 0. The van der Waals surface area contributed by atoms with Crippen LogP contribution in [0.4, 0.5) is 5.82 Å². The van der Waals surface area contributed by atoms with Crippen molar-refractivity contribution < 1.29 is 8.42 Å². The van der Waals surface area contributed by atoms with Gasteiger partial charge in [0.2, 0.25) is 10.0 Å². The average molecular weight is 306 g/mol. The summed E-state index contributed by atoms with van der Waals surface area (Å²) in [5.74, 6) is 0.140. The molecule has 3 aromatic rings. The lowest BCUT2D eigenvalue weighted by atomic mass is 10.3. The largest absolute Gasteiger partial charge is 0.380 e. The summed E-state index contributed by atoms with van der Waals surface area (Å²) in [6.45, 7) is 0. The summed E-state index contributed by atoms with van der Waals surface area (Å²) in [6.07, 6.45) is 0. The van der Waals surface area contributed by atoms with Crippen molar-refractivity contribution >= 4 is 26.9 Å². The van der Waals surface area contributed by atoms with Crippen LogP contribution < -0.4 is 16.4 Å². The summed E-state index contributed by atoms with van der Waals surface area (Å²) < 4.78 is 23.8. The number of fused-ring (bicyclic) bond motifs is 1. The number of sulfonamides is 1. The Bertz CT molecular complexity index is 1000. The Morgan fingerprint density at radius 1 is 1.24 bits per heavy atom. The first-order valence-corrected chi connectivity index (χ1v) is 7.28. The Hall–Kier alpha value is -2.72. The second-order valence-electron chi connectivity index (χ2n) is 4.31. The summed E-state index contributed by atoms with van der Waals surface area (Å²) >= 11 is 0. The van der Waals surface area contributed by atoms with Crippen LogP contribution in [0.25, 0.3) is 16.7 Å². The summed E-state index contributed by atoms with van der Waals surface area (Å²) in [7, 11) is -3.87. The van der Waals surface area contributed by atoms with Crippen LogP contribution in [0.15, 0.2) is 40.0 Å². The van der Waals surface area contributed by atoms with Gasteiger partial charge >= 0.3 is 0 Å². The van der Waals surface area contributed by atoms with Gasteiger partial charge in [0.15, 0.2) is 11.3 Å². The van der Waals surface area contributed by atoms with Gasteiger partial charge in [0.1, 0.15) is 0 Å². The lowest BCUT2D eigenvalue weighted by Gasteiger charge is -2.06. The minimum absolute atomic E-state index is 0.117. The molecule has 0 aliphatic rings. The van der Waals surface area contributed by atoms with Crippen LogP contribution in [-0.4, -0.2) is 28.4 Å². The molecule has 2 aromatic heterocycles. The zero-order valence-corrected chi connectivity index (χ0v) is 11.3. The number of hydrogen-bond donors (Lipinski definition) is 3. The Labute approximate surface area is 118 Å². The van der Waals surface area contributed by atoms with Gasteiger partial charge in [-0.15, -0.1) is 0 Å². The van der Waals surface area contributed by atoms with Crippen molar-refractivity contribution in [3.8, 4) is 5.69 Å². The molecule has 1 aromatic carbocycles. The molecule has 3 rings (SSSR count). The maximum Gasteiger partial charge on any atom is 0.273 e. The van der Waals surface area contributed by atoms with E-state index in [0.29, 0.717) is 11.0 Å². The molecule has 0 bridgehead atoms. The Kier molecular flexibility index (Phi) is 2.78. The maximum absolute atomic E-state index is 12.0. The molecule has 5 N–H and O–H groups in total. The lowest BCUT2D eigenvalue weighted by molar-refractivity contribution is 0.597. The van der Waals surface area contributed by atoms with E-state index in [1.807, 2.05) is 0 Å². The van der Waals surface area contributed by atoms with Crippen molar-refractivity contribution in [1.29, 1.82) is 0 Å². The van der Waals surface area contributed by atoms with Gasteiger partial charge in [-0.3, -0.25) is 9.89 Å². The molecule has 2 heterocycles. The van der Waals surface area contributed by atoms with E-state index in [2.05, 4.69) is 15.3 Å². The molecule has 0 aliphatic heterocycles. The number of aromatic nitrogens is 4. The first-order valence-electron chi connectivity index (χ1n) is 5.73. The first-order chi connectivity index (χ1) is 9.86. The normalized spacial score (nSPS) is 11.9. The number of rotatable bonds is 2. The Balaban J connectivity index is 2.27. The van der Waals surface area contributed by atoms with E-state index in [4.69, 9.17) is 10.9 Å². The molecule has 0 fully saturated rings. The van der Waals surface area contributed by atoms with Gasteiger partial charge in [-0.2, -0.15) is 14.9 Å². The van der Waals surface area contributed by atoms with E-state index >= 15 is 0 Å². The molecule has 0 amide bonds. The Morgan fingerprint density at radius 2 is 2.00 bits per heavy atom. The van der Waals surface area contributed by atoms with Gasteiger partial charge in [0.05, 0.1) is 16.1 Å². The fourth-order valence-corrected chi connectivity index (χ4v) is 2.43. The van der Waals surface area contributed by atoms with Crippen molar-refractivity contribution in [2.45, 2.75) is 4.90 Å². The SMILES string of the molecule is Nc1n[nH]c2cc(=O)n(-c3cccc(S(N)(=O)=O)c3)nc12. The van der Waals surface area contributed by atoms with Gasteiger partial charge < -0.3 is 5.73 Å². The van der Waals surface area contributed by atoms with Crippen LogP contribution in [-0.2, 0) is 10.0 Å². The summed E-state index contributed by atoms with van der Waals surface area (Å²) in [5, 5.41) is 15.5. The highest BCUT2D eigenvalue weighted by Gasteiger charge is 2.12. The molecular weight excluding hydrogens is 296 g/mol. The molecular formula is C11H10N6O3S. The third-order valence-corrected chi connectivity index (χ3v) is 3.77. The van der Waals surface area contributed by atoms with Gasteiger partial charge in [-0.05, 0) is 18.2 Å². The minimum atomic E-state index is -3.87. The van der Waals surface area contributed by atoms with Crippen molar-refractivity contribution in [2.75, 3.05) is 5.73 Å². The minimum Gasteiger partial charge on any atom is -0.380 e. The van der Waals surface area contributed by atoms with E-state index in [0.717, 1.165) is 4.68 Å². The van der Waals surface area contributed by atoms with E-state index in [1.165, 1.54) is 30.3 Å². The molecule has 0 atom stereocenters. The van der Waals surface area contributed by atoms with E-state index in [-0.39, 0.29) is 16.4 Å². The third-order valence-electron chi connectivity index (χ3n) is 2.86. The lowest BCUT2D eigenvalue weighted by Crippen LogP contribution is -2.21. The summed E-state index contributed by atoms with van der Waals surface area (Å²) in [6, 6.07) is 6.85. The van der Waals surface area contributed by atoms with Crippen molar-refractivity contribution in [3.63, 3.8) is 0 Å². The predicted molar refractivity (Wildman–Crippen MR) is 75.3 cm³/mol. The number of hydrogen-bond acceptors (Lipinski definition) is 6. The second-order valence-corrected chi connectivity index (χ2v) is 5.87. The van der Waals surface area contributed by atoms with Crippen LogP contribution in [0.3, 0.4) is 0 Å². The number of benzene rings is 1. The van der Waals surface area contributed by atoms with Gasteiger partial charge in [0, 0.05) is 6.07 Å². The van der Waals surface area contributed by atoms with Crippen LogP contribution >= 0.6 is 0 Å². The first kappa shape index (κ1) is 13.3. The molecule has 108 valence electrons. The highest BCUT2D eigenvalue weighted by molar-refractivity contribution is 7.89. The zero-order valence-electron chi connectivity index (χ0n) is 10.5. The zero-order chi connectivity index (χ0) is 15.2. The molecule has 10 heteroatoms. The van der Waals surface area contributed by atoms with Crippen LogP contribution in [0.1, 0.15) is 0 Å². The van der Waals surface area contributed by atoms with Gasteiger partial charge in [-0.1, -0.05) is 6.07 Å². The molecule has 0 radical (unpaired) electrons. The number of primary sulfonamides is 1. The molecule has 21 heavy (non-hydrogen) atoms. The highest BCUT2D eigenvalue weighted by atomic mass is 32.2. The third kappa shape index (κ3) is 2.26. The number of aromatic amines is 1. The summed E-state index contributed by atoms with van der Waals surface area (Å²) in [5.41, 5.74) is 6.15. The van der Waals surface area contributed by atoms with Crippen LogP contribution in [0, 0.1) is 0 Å². The van der Waals surface area contributed by atoms with Gasteiger partial charge in [0.25, 0.3) is 5.56 Å². The molecule has 0 saturated carbocycles.